The summed E-state index contributed by atoms with van der Waals surface area (Å²) >= 11 is 0. The van der Waals surface area contributed by atoms with Crippen molar-refractivity contribution in [1.29, 1.82) is 5.26 Å². The van der Waals surface area contributed by atoms with Crippen LogP contribution >= 0.6 is 0 Å². The highest BCUT2D eigenvalue weighted by molar-refractivity contribution is 5.63. The van der Waals surface area contributed by atoms with Gasteiger partial charge in [-0.1, -0.05) is 6.07 Å². The molecule has 8 rings (SSSR count). The molecule has 2 aromatic heterocycles. The molecule has 0 bridgehead atoms. The number of hydrogen-bond donors (Lipinski definition) is 1. The molecule has 45 heavy (non-hydrogen) atoms. The molecule has 1 aromatic carbocycles. The van der Waals surface area contributed by atoms with E-state index in [4.69, 9.17) is 29.9 Å². The van der Waals surface area contributed by atoms with E-state index in [-0.39, 0.29) is 11.6 Å². The Labute approximate surface area is 262 Å². The molecule has 12 heteroatoms. The number of benzene rings is 1. The molecule has 0 amide bonds. The number of anilines is 2. The van der Waals surface area contributed by atoms with Crippen LogP contribution in [0.1, 0.15) is 66.1 Å². The number of hydrogen-bond acceptors (Lipinski definition) is 10. The minimum absolute atomic E-state index is 0.00521. The summed E-state index contributed by atoms with van der Waals surface area (Å²) in [5.74, 6) is 0.771. The summed E-state index contributed by atoms with van der Waals surface area (Å²) in [6.07, 6.45) is 8.39. The second-order valence-corrected chi connectivity index (χ2v) is 13.3. The van der Waals surface area contributed by atoms with Gasteiger partial charge in [0.15, 0.2) is 0 Å². The second kappa shape index (κ2) is 11.2. The van der Waals surface area contributed by atoms with Crippen LogP contribution in [-0.2, 0) is 34.5 Å². The maximum absolute atomic E-state index is 14.6. The molecule has 4 aliphatic heterocycles. The van der Waals surface area contributed by atoms with Gasteiger partial charge in [0.05, 0.1) is 42.7 Å². The SMILES string of the molecule is N#Cc1c(N)ccc2c1[C@]1(CCC2)Cc2nc(OC[C@@]34CCCN3C[C@H](F)C4)nc(N3CCOC[C@@H](n4cccn4)C3)c2CO1. The van der Waals surface area contributed by atoms with Crippen LogP contribution in [-0.4, -0.2) is 82.4 Å². The first-order valence-electron chi connectivity index (χ1n) is 16.2. The van der Waals surface area contributed by atoms with Crippen molar-refractivity contribution < 1.29 is 18.6 Å². The van der Waals surface area contributed by atoms with Crippen LogP contribution in [0.4, 0.5) is 15.9 Å². The predicted octanol–water partition coefficient (Wildman–Crippen LogP) is 3.46. The van der Waals surface area contributed by atoms with Crippen molar-refractivity contribution in [1.82, 2.24) is 24.6 Å². The Morgan fingerprint density at radius 2 is 2.11 bits per heavy atom. The third-order valence-corrected chi connectivity index (χ3v) is 10.6. The van der Waals surface area contributed by atoms with Gasteiger partial charge in [0.25, 0.3) is 0 Å². The van der Waals surface area contributed by atoms with Gasteiger partial charge in [0, 0.05) is 61.7 Å². The number of nitriles is 1. The number of fused-ring (bicyclic) bond motifs is 4. The Kier molecular flexibility index (Phi) is 7.15. The fraction of sp³-hybridized carbons (Fsp3) is 0.576. The molecule has 1 spiro atoms. The van der Waals surface area contributed by atoms with E-state index in [0.717, 1.165) is 66.9 Å². The molecule has 236 valence electrons. The van der Waals surface area contributed by atoms with E-state index in [2.05, 4.69) is 21.0 Å². The molecule has 3 saturated heterocycles. The first kappa shape index (κ1) is 28.7. The largest absolute Gasteiger partial charge is 0.461 e. The summed E-state index contributed by atoms with van der Waals surface area (Å²) in [7, 11) is 0. The number of nitrogens with zero attached hydrogens (tertiary/aromatic N) is 7. The molecule has 11 nitrogen and oxygen atoms in total. The van der Waals surface area contributed by atoms with E-state index in [0.29, 0.717) is 76.2 Å². The number of halogens is 1. The van der Waals surface area contributed by atoms with Crippen molar-refractivity contribution >= 4 is 11.5 Å². The minimum atomic E-state index is -0.838. The van der Waals surface area contributed by atoms with E-state index < -0.39 is 11.8 Å². The van der Waals surface area contributed by atoms with Crippen molar-refractivity contribution in [3.8, 4) is 12.1 Å². The lowest BCUT2D eigenvalue weighted by atomic mass is 9.72. The number of alkyl halides is 1. The van der Waals surface area contributed by atoms with E-state index in [1.807, 2.05) is 29.1 Å². The molecular weight excluding hydrogens is 575 g/mol. The summed E-state index contributed by atoms with van der Waals surface area (Å²) in [5.41, 5.74) is 10.1. The molecule has 1 aliphatic carbocycles. The average Bonchev–Trinajstić information content (AvgIpc) is 3.73. The number of aromatic nitrogens is 4. The van der Waals surface area contributed by atoms with Gasteiger partial charge in [-0.15, -0.1) is 0 Å². The molecule has 0 unspecified atom stereocenters. The zero-order valence-electron chi connectivity index (χ0n) is 25.5. The van der Waals surface area contributed by atoms with E-state index >= 15 is 0 Å². The lowest BCUT2D eigenvalue weighted by molar-refractivity contribution is -0.0857. The molecule has 4 atom stereocenters. The highest BCUT2D eigenvalue weighted by Crippen LogP contribution is 2.48. The summed E-state index contributed by atoms with van der Waals surface area (Å²) in [6, 6.07) is 8.45. The van der Waals surface area contributed by atoms with Crippen LogP contribution < -0.4 is 15.4 Å². The van der Waals surface area contributed by atoms with Crippen LogP contribution in [0.2, 0.25) is 0 Å². The summed E-state index contributed by atoms with van der Waals surface area (Å²) in [4.78, 5) is 14.5. The molecule has 3 aromatic rings. The quantitative estimate of drug-likeness (QED) is 0.427. The monoisotopic (exact) mass is 614 g/mol. The molecular formula is C33H39FN8O3. The molecule has 0 saturated carbocycles. The first-order chi connectivity index (χ1) is 22.0. The van der Waals surface area contributed by atoms with Gasteiger partial charge in [-0.2, -0.15) is 20.3 Å². The number of rotatable bonds is 5. The highest BCUT2D eigenvalue weighted by Gasteiger charge is 2.50. The van der Waals surface area contributed by atoms with Gasteiger partial charge in [0.1, 0.15) is 30.3 Å². The molecule has 5 aliphatic rings. The third-order valence-electron chi connectivity index (χ3n) is 10.6. The van der Waals surface area contributed by atoms with Crippen LogP contribution in [0, 0.1) is 11.3 Å². The van der Waals surface area contributed by atoms with E-state index in [9.17, 15) is 9.65 Å². The van der Waals surface area contributed by atoms with Gasteiger partial charge in [-0.05, 0) is 56.3 Å². The normalized spacial score (nSPS) is 29.6. The minimum Gasteiger partial charge on any atom is -0.461 e. The van der Waals surface area contributed by atoms with E-state index in [1.54, 1.807) is 6.20 Å². The van der Waals surface area contributed by atoms with Gasteiger partial charge in [-0.25, -0.2) is 4.39 Å². The van der Waals surface area contributed by atoms with Gasteiger partial charge in [0.2, 0.25) is 0 Å². The number of nitrogens with two attached hydrogens (primary N) is 1. The van der Waals surface area contributed by atoms with Gasteiger partial charge >= 0.3 is 6.01 Å². The van der Waals surface area contributed by atoms with Crippen LogP contribution in [0.15, 0.2) is 30.6 Å². The number of nitrogen functional groups attached to an aromatic ring is 1. The topological polar surface area (TPSA) is 128 Å². The Balaban J connectivity index is 1.18. The van der Waals surface area contributed by atoms with Gasteiger partial charge < -0.3 is 24.8 Å². The lowest BCUT2D eigenvalue weighted by Gasteiger charge is -2.43. The number of ether oxygens (including phenoxy) is 3. The van der Waals surface area contributed by atoms with Crippen LogP contribution in [0.3, 0.4) is 0 Å². The van der Waals surface area contributed by atoms with Crippen molar-refractivity contribution in [2.45, 2.75) is 74.9 Å². The Morgan fingerprint density at radius 1 is 1.18 bits per heavy atom. The fourth-order valence-electron chi connectivity index (χ4n) is 8.46. The van der Waals surface area contributed by atoms with Gasteiger partial charge in [-0.3, -0.25) is 9.58 Å². The van der Waals surface area contributed by atoms with Crippen LogP contribution in [0.5, 0.6) is 6.01 Å². The standard InChI is InChI=1S/C33H39FN8O3/c34-23-14-32(7-2-10-41(32)17-23)21-44-31-38-28-15-33(8-1-4-22-5-6-27(36)25(16-35)29(22)33)45-20-26(28)30(39-31)40-12-13-43-19-24(18-40)42-11-3-9-37-42/h3,5-6,9,11,23-24H,1-2,4,7-8,10,12-15,17-21,36H2/t23-,24+,32+,33+/m1/s1. The zero-order valence-corrected chi connectivity index (χ0v) is 25.5. The fourth-order valence-corrected chi connectivity index (χ4v) is 8.46. The Morgan fingerprint density at radius 3 is 2.98 bits per heavy atom. The first-order valence-corrected chi connectivity index (χ1v) is 16.2. The lowest BCUT2D eigenvalue weighted by Crippen LogP contribution is -2.44. The van der Waals surface area contributed by atoms with Crippen LogP contribution in [0.25, 0.3) is 0 Å². The molecule has 0 radical (unpaired) electrons. The van der Waals surface area contributed by atoms with Crippen molar-refractivity contribution in [3.63, 3.8) is 0 Å². The van der Waals surface area contributed by atoms with E-state index in [1.165, 1.54) is 0 Å². The maximum Gasteiger partial charge on any atom is 0.318 e. The molecule has 2 N–H and O–H groups in total. The molecule has 6 heterocycles. The predicted molar refractivity (Wildman–Crippen MR) is 164 cm³/mol. The zero-order chi connectivity index (χ0) is 30.6. The summed E-state index contributed by atoms with van der Waals surface area (Å²) in [5, 5.41) is 14.6. The van der Waals surface area contributed by atoms with Crippen molar-refractivity contribution in [2.75, 3.05) is 56.6 Å². The highest BCUT2D eigenvalue weighted by atomic mass is 19.1. The summed E-state index contributed by atoms with van der Waals surface area (Å²) < 4.78 is 35.8. The smallest absolute Gasteiger partial charge is 0.318 e. The second-order valence-electron chi connectivity index (χ2n) is 13.3. The number of aryl methyl sites for hydroxylation is 1. The van der Waals surface area contributed by atoms with Crippen molar-refractivity contribution in [3.05, 3.63) is 58.5 Å². The molecule has 3 fully saturated rings. The third kappa shape index (κ3) is 4.92. The maximum atomic E-state index is 14.6. The average molecular weight is 615 g/mol. The Hall–Kier alpha value is -3.79. The summed E-state index contributed by atoms with van der Waals surface area (Å²) in [6.45, 7) is 4.40. The van der Waals surface area contributed by atoms with Crippen molar-refractivity contribution in [2.24, 2.45) is 0 Å². The Bertz CT molecular complexity index is 1630.